The average Bonchev–Trinajstić information content (AvgIpc) is 2.72. The Morgan fingerprint density at radius 2 is 2.44 bits per heavy atom. The van der Waals surface area contributed by atoms with E-state index < -0.39 is 11.4 Å². The van der Waals surface area contributed by atoms with Gasteiger partial charge in [-0.05, 0) is 19.4 Å². The van der Waals surface area contributed by atoms with Crippen LogP contribution in [0.5, 0.6) is 5.88 Å². The highest BCUT2D eigenvalue weighted by molar-refractivity contribution is 5.76. The normalized spacial score (nSPS) is 27.1. The Morgan fingerprint density at radius 3 is 3.00 bits per heavy atom. The van der Waals surface area contributed by atoms with Gasteiger partial charge in [0.1, 0.15) is 5.41 Å². The molecular formula is C13H17NO4. The van der Waals surface area contributed by atoms with Crippen molar-refractivity contribution >= 4 is 5.97 Å². The van der Waals surface area contributed by atoms with Gasteiger partial charge in [-0.1, -0.05) is 6.07 Å². The van der Waals surface area contributed by atoms with Crippen LogP contribution in [-0.4, -0.2) is 35.9 Å². The van der Waals surface area contributed by atoms with Gasteiger partial charge in [0.25, 0.3) is 0 Å². The first-order chi connectivity index (χ1) is 8.58. The number of aromatic nitrogens is 1. The summed E-state index contributed by atoms with van der Waals surface area (Å²) < 4.78 is 10.5. The highest BCUT2D eigenvalue weighted by Crippen LogP contribution is 2.38. The molecule has 5 nitrogen and oxygen atoms in total. The van der Waals surface area contributed by atoms with Crippen LogP contribution in [0.3, 0.4) is 0 Å². The van der Waals surface area contributed by atoms with E-state index in [4.69, 9.17) is 9.47 Å². The molecule has 0 amide bonds. The van der Waals surface area contributed by atoms with E-state index >= 15 is 0 Å². The second-order valence-electron chi connectivity index (χ2n) is 4.57. The molecule has 0 aliphatic carbocycles. The number of rotatable bonds is 4. The van der Waals surface area contributed by atoms with Gasteiger partial charge in [-0.15, -0.1) is 0 Å². The smallest absolute Gasteiger partial charge is 0.312 e. The first kappa shape index (κ1) is 12.8. The molecule has 0 radical (unpaired) electrons. The Morgan fingerprint density at radius 1 is 1.67 bits per heavy atom. The third-order valence-electron chi connectivity index (χ3n) is 3.61. The Kier molecular flexibility index (Phi) is 3.52. The van der Waals surface area contributed by atoms with Crippen molar-refractivity contribution < 1.29 is 19.4 Å². The molecular weight excluding hydrogens is 234 g/mol. The van der Waals surface area contributed by atoms with Crippen molar-refractivity contribution in [2.45, 2.75) is 25.9 Å². The topological polar surface area (TPSA) is 68.7 Å². The van der Waals surface area contributed by atoms with E-state index in [0.29, 0.717) is 31.0 Å². The predicted molar refractivity (Wildman–Crippen MR) is 64.6 cm³/mol. The lowest BCUT2D eigenvalue weighted by atomic mass is 9.77. The van der Waals surface area contributed by atoms with Crippen LogP contribution in [0.4, 0.5) is 0 Å². The largest absolute Gasteiger partial charge is 0.481 e. The van der Waals surface area contributed by atoms with Crippen LogP contribution in [-0.2, 0) is 16.0 Å². The summed E-state index contributed by atoms with van der Waals surface area (Å²) in [6.45, 7) is 2.29. The highest BCUT2D eigenvalue weighted by atomic mass is 16.5. The Labute approximate surface area is 106 Å². The summed E-state index contributed by atoms with van der Waals surface area (Å²) in [4.78, 5) is 15.8. The molecule has 2 atom stereocenters. The summed E-state index contributed by atoms with van der Waals surface area (Å²) in [7, 11) is 1.54. The molecule has 1 N–H and O–H groups in total. The Bertz CT molecular complexity index is 448. The van der Waals surface area contributed by atoms with Crippen LogP contribution in [0.25, 0.3) is 0 Å². The third kappa shape index (κ3) is 2.18. The molecule has 98 valence electrons. The summed E-state index contributed by atoms with van der Waals surface area (Å²) >= 11 is 0. The van der Waals surface area contributed by atoms with Crippen molar-refractivity contribution in [3.05, 3.63) is 23.9 Å². The first-order valence-electron chi connectivity index (χ1n) is 5.93. The monoisotopic (exact) mass is 251 g/mol. The van der Waals surface area contributed by atoms with Crippen LogP contribution in [0.15, 0.2) is 18.2 Å². The molecule has 1 saturated heterocycles. The van der Waals surface area contributed by atoms with E-state index in [1.165, 1.54) is 0 Å². The van der Waals surface area contributed by atoms with Crippen molar-refractivity contribution in [2.24, 2.45) is 5.41 Å². The van der Waals surface area contributed by atoms with E-state index in [2.05, 4.69) is 4.98 Å². The van der Waals surface area contributed by atoms with Gasteiger partial charge in [0, 0.05) is 24.8 Å². The lowest BCUT2D eigenvalue weighted by molar-refractivity contribution is -0.151. The maximum atomic E-state index is 11.6. The molecule has 1 aliphatic rings. The summed E-state index contributed by atoms with van der Waals surface area (Å²) in [6.07, 6.45) is 0.575. The number of pyridine rings is 1. The van der Waals surface area contributed by atoms with Crippen LogP contribution in [0.2, 0.25) is 0 Å². The molecule has 1 fully saturated rings. The van der Waals surface area contributed by atoms with Crippen LogP contribution >= 0.6 is 0 Å². The van der Waals surface area contributed by atoms with Gasteiger partial charge in [-0.2, -0.15) is 0 Å². The minimum absolute atomic E-state index is 0.303. The standard InChI is InChI=1S/C13H17NO4/c1-9-13(12(15)16,6-7-18-9)8-10-4-3-5-11(14-10)17-2/h3-5,9H,6-8H2,1-2H3,(H,15,16). The van der Waals surface area contributed by atoms with E-state index in [1.54, 1.807) is 20.1 Å². The van der Waals surface area contributed by atoms with E-state index in [1.807, 2.05) is 12.1 Å². The number of carboxylic acids is 1. The van der Waals surface area contributed by atoms with Crippen molar-refractivity contribution in [3.63, 3.8) is 0 Å². The third-order valence-corrected chi connectivity index (χ3v) is 3.61. The van der Waals surface area contributed by atoms with Gasteiger partial charge >= 0.3 is 5.97 Å². The number of methoxy groups -OCH3 is 1. The number of carboxylic acid groups (broad SMARTS) is 1. The van der Waals surface area contributed by atoms with Crippen molar-refractivity contribution in [3.8, 4) is 5.88 Å². The molecule has 1 aliphatic heterocycles. The lowest BCUT2D eigenvalue weighted by Gasteiger charge is -2.27. The number of nitrogens with zero attached hydrogens (tertiary/aromatic N) is 1. The minimum Gasteiger partial charge on any atom is -0.481 e. The van der Waals surface area contributed by atoms with Gasteiger partial charge in [0.15, 0.2) is 0 Å². The molecule has 0 saturated carbocycles. The van der Waals surface area contributed by atoms with E-state index in [-0.39, 0.29) is 6.10 Å². The summed E-state index contributed by atoms with van der Waals surface area (Å²) in [6, 6.07) is 5.38. The van der Waals surface area contributed by atoms with Crippen molar-refractivity contribution in [1.82, 2.24) is 4.98 Å². The molecule has 0 bridgehead atoms. The lowest BCUT2D eigenvalue weighted by Crippen LogP contribution is -2.39. The molecule has 0 aromatic carbocycles. The fourth-order valence-corrected chi connectivity index (χ4v) is 2.36. The number of carbonyl (C=O) groups is 1. The zero-order valence-electron chi connectivity index (χ0n) is 10.5. The van der Waals surface area contributed by atoms with E-state index in [0.717, 1.165) is 0 Å². The molecule has 5 heteroatoms. The zero-order valence-corrected chi connectivity index (χ0v) is 10.5. The minimum atomic E-state index is -0.876. The van der Waals surface area contributed by atoms with Crippen LogP contribution < -0.4 is 4.74 Å². The van der Waals surface area contributed by atoms with Gasteiger partial charge < -0.3 is 14.6 Å². The molecule has 2 rings (SSSR count). The summed E-state index contributed by atoms with van der Waals surface area (Å²) in [5.74, 6) is -0.322. The number of aliphatic carboxylic acids is 1. The molecule has 1 aromatic heterocycles. The quantitative estimate of drug-likeness (QED) is 0.878. The number of hydrogen-bond donors (Lipinski definition) is 1. The van der Waals surface area contributed by atoms with Crippen molar-refractivity contribution in [1.29, 1.82) is 0 Å². The summed E-state index contributed by atoms with van der Waals surface area (Å²) in [5, 5.41) is 9.48. The number of ether oxygens (including phenoxy) is 2. The molecule has 2 heterocycles. The van der Waals surface area contributed by atoms with Crippen LogP contribution in [0.1, 0.15) is 19.0 Å². The number of hydrogen-bond acceptors (Lipinski definition) is 4. The fraction of sp³-hybridized carbons (Fsp3) is 0.538. The van der Waals surface area contributed by atoms with Crippen molar-refractivity contribution in [2.75, 3.05) is 13.7 Å². The molecule has 2 unspecified atom stereocenters. The molecule has 0 spiro atoms. The maximum Gasteiger partial charge on any atom is 0.312 e. The fourth-order valence-electron chi connectivity index (χ4n) is 2.36. The van der Waals surface area contributed by atoms with Crippen LogP contribution in [0, 0.1) is 5.41 Å². The second-order valence-corrected chi connectivity index (χ2v) is 4.57. The average molecular weight is 251 g/mol. The SMILES string of the molecule is COc1cccc(CC2(C(=O)O)CCOC2C)n1. The zero-order chi connectivity index (χ0) is 13.2. The van der Waals surface area contributed by atoms with Gasteiger partial charge in [-0.25, -0.2) is 4.98 Å². The Balaban J connectivity index is 2.26. The highest BCUT2D eigenvalue weighted by Gasteiger charge is 2.48. The van der Waals surface area contributed by atoms with Gasteiger partial charge in [0.05, 0.1) is 13.2 Å². The molecule has 1 aromatic rings. The van der Waals surface area contributed by atoms with Gasteiger partial charge in [0.2, 0.25) is 5.88 Å². The van der Waals surface area contributed by atoms with Gasteiger partial charge in [-0.3, -0.25) is 4.79 Å². The van der Waals surface area contributed by atoms with E-state index in [9.17, 15) is 9.90 Å². The summed E-state index contributed by atoms with van der Waals surface area (Å²) in [5.41, 5.74) is -0.159. The Hall–Kier alpha value is -1.62. The maximum absolute atomic E-state index is 11.6. The molecule has 18 heavy (non-hydrogen) atoms. The second kappa shape index (κ2) is 4.94. The first-order valence-corrected chi connectivity index (χ1v) is 5.93. The predicted octanol–water partition coefficient (Wildman–Crippen LogP) is 1.51.